The number of aliphatic carboxylic acids is 1. The van der Waals surface area contributed by atoms with Gasteiger partial charge in [0.05, 0.1) is 5.97 Å². The molecule has 0 unspecified atom stereocenters. The average molecular weight is 130 g/mol. The maximum Gasteiger partial charge on any atom is 0.113 e. The van der Waals surface area contributed by atoms with Crippen molar-refractivity contribution >= 4 is 22.8 Å². The largest absolute Gasteiger partial charge is 0.543 e. The topological polar surface area (TPSA) is 52.5 Å². The number of carboxylic acids is 1. The minimum Gasteiger partial charge on any atom is -0.543 e. The Morgan fingerprint density at radius 1 is 1.88 bits per heavy atom. The molecular weight excluding hydrogens is 126 g/mol. The minimum absolute atomic E-state index is 0.144. The lowest BCUT2D eigenvalue weighted by Crippen LogP contribution is -2.28. The van der Waals surface area contributed by atoms with E-state index in [9.17, 15) is 9.90 Å². The van der Waals surface area contributed by atoms with Crippen molar-refractivity contribution in [3.8, 4) is 0 Å². The highest BCUT2D eigenvalue weighted by molar-refractivity contribution is 8.15. The summed E-state index contributed by atoms with van der Waals surface area (Å²) >= 11 is 1.24. The third-order valence-electron chi connectivity index (χ3n) is 0.760. The molecule has 4 heteroatoms. The maximum atomic E-state index is 9.94. The van der Waals surface area contributed by atoms with Crippen LogP contribution in [0.2, 0.25) is 0 Å². The molecule has 0 radical (unpaired) electrons. The Morgan fingerprint density at radius 3 is 2.88 bits per heavy atom. The number of aliphatic imine (C=N–C) groups is 1. The van der Waals surface area contributed by atoms with E-state index in [1.54, 1.807) is 0 Å². The van der Waals surface area contributed by atoms with E-state index < -0.39 is 5.97 Å². The van der Waals surface area contributed by atoms with Gasteiger partial charge in [0.15, 0.2) is 0 Å². The second-order valence-electron chi connectivity index (χ2n) is 1.32. The molecule has 0 aliphatic carbocycles. The molecule has 0 aromatic heterocycles. The van der Waals surface area contributed by atoms with Gasteiger partial charge in [-0.3, -0.25) is 4.99 Å². The van der Waals surface area contributed by atoms with Gasteiger partial charge in [0.25, 0.3) is 0 Å². The first kappa shape index (κ1) is 5.62. The van der Waals surface area contributed by atoms with Crippen molar-refractivity contribution in [2.24, 2.45) is 4.99 Å². The SMILES string of the molecule is O=C([O-])C1=NCCS1. The van der Waals surface area contributed by atoms with Crippen molar-refractivity contribution in [3.63, 3.8) is 0 Å². The molecule has 0 aromatic rings. The fourth-order valence-corrected chi connectivity index (χ4v) is 1.13. The van der Waals surface area contributed by atoms with Crippen LogP contribution in [-0.4, -0.2) is 23.3 Å². The quantitative estimate of drug-likeness (QED) is 0.452. The van der Waals surface area contributed by atoms with Gasteiger partial charge in [0.1, 0.15) is 5.04 Å². The van der Waals surface area contributed by atoms with E-state index in [1.807, 2.05) is 0 Å². The van der Waals surface area contributed by atoms with Gasteiger partial charge in [0.2, 0.25) is 0 Å². The third-order valence-corrected chi connectivity index (χ3v) is 1.72. The molecule has 8 heavy (non-hydrogen) atoms. The molecule has 1 aliphatic rings. The minimum atomic E-state index is -1.15. The van der Waals surface area contributed by atoms with Crippen LogP contribution in [0.4, 0.5) is 0 Å². The Labute approximate surface area is 50.8 Å². The zero-order valence-electron chi connectivity index (χ0n) is 4.09. The van der Waals surface area contributed by atoms with Crippen LogP contribution in [0.1, 0.15) is 0 Å². The van der Waals surface area contributed by atoms with Crippen molar-refractivity contribution in [1.29, 1.82) is 0 Å². The predicted molar refractivity (Wildman–Crippen MR) is 29.8 cm³/mol. The third kappa shape index (κ3) is 1.01. The van der Waals surface area contributed by atoms with Crippen LogP contribution in [0.3, 0.4) is 0 Å². The Hall–Kier alpha value is -0.510. The van der Waals surface area contributed by atoms with Gasteiger partial charge in [0, 0.05) is 12.3 Å². The molecule has 44 valence electrons. The number of hydrogen-bond donors (Lipinski definition) is 0. The molecular formula is C4H4NO2S-. The fraction of sp³-hybridized carbons (Fsp3) is 0.500. The molecule has 0 saturated heterocycles. The van der Waals surface area contributed by atoms with Gasteiger partial charge < -0.3 is 9.90 Å². The number of rotatable bonds is 1. The number of nitrogens with zero attached hydrogens (tertiary/aromatic N) is 1. The zero-order chi connectivity index (χ0) is 5.98. The standard InChI is InChI=1S/C4H5NO2S/c6-4(7)3-5-1-2-8-3/h1-2H2,(H,6,7)/p-1. The van der Waals surface area contributed by atoms with Crippen LogP contribution in [0.15, 0.2) is 4.99 Å². The Bertz CT molecular complexity index is 143. The lowest BCUT2D eigenvalue weighted by atomic mass is 10.7. The normalized spacial score (nSPS) is 18.2. The summed E-state index contributed by atoms with van der Waals surface area (Å²) in [6.07, 6.45) is 0. The van der Waals surface area contributed by atoms with Crippen molar-refractivity contribution < 1.29 is 9.90 Å². The molecule has 0 N–H and O–H groups in total. The Morgan fingerprint density at radius 2 is 2.62 bits per heavy atom. The summed E-state index contributed by atoms with van der Waals surface area (Å²) in [5.41, 5.74) is 0. The first-order valence-corrected chi connectivity index (χ1v) is 3.18. The molecule has 0 spiro atoms. The molecule has 3 nitrogen and oxygen atoms in total. The molecule has 1 aliphatic heterocycles. The number of carbonyl (C=O) groups excluding carboxylic acids is 1. The molecule has 1 heterocycles. The Kier molecular flexibility index (Phi) is 1.53. The van der Waals surface area contributed by atoms with Gasteiger partial charge in [-0.25, -0.2) is 0 Å². The lowest BCUT2D eigenvalue weighted by Gasteiger charge is -1.95. The second-order valence-corrected chi connectivity index (χ2v) is 2.41. The number of carbonyl (C=O) groups is 1. The fourth-order valence-electron chi connectivity index (χ4n) is 0.459. The number of thioether (sulfide) groups is 1. The van der Waals surface area contributed by atoms with Gasteiger partial charge >= 0.3 is 0 Å². The van der Waals surface area contributed by atoms with Gasteiger partial charge in [-0.1, -0.05) is 0 Å². The van der Waals surface area contributed by atoms with Crippen LogP contribution in [-0.2, 0) is 4.79 Å². The highest BCUT2D eigenvalue weighted by atomic mass is 32.2. The molecule has 0 bridgehead atoms. The highest BCUT2D eigenvalue weighted by Crippen LogP contribution is 2.09. The smallest absolute Gasteiger partial charge is 0.113 e. The van der Waals surface area contributed by atoms with Crippen LogP contribution < -0.4 is 5.11 Å². The molecule has 0 amide bonds. The summed E-state index contributed by atoms with van der Waals surface area (Å²) in [4.78, 5) is 13.6. The zero-order valence-corrected chi connectivity index (χ0v) is 4.90. The first-order chi connectivity index (χ1) is 3.80. The summed E-state index contributed by atoms with van der Waals surface area (Å²) in [6, 6.07) is 0. The lowest BCUT2D eigenvalue weighted by molar-refractivity contribution is -0.293. The number of hydrogen-bond acceptors (Lipinski definition) is 4. The van der Waals surface area contributed by atoms with Crippen molar-refractivity contribution in [2.45, 2.75) is 0 Å². The summed E-state index contributed by atoms with van der Waals surface area (Å²) in [6.45, 7) is 0.619. The van der Waals surface area contributed by atoms with Gasteiger partial charge in [-0.15, -0.1) is 11.8 Å². The van der Waals surface area contributed by atoms with Gasteiger partial charge in [-0.2, -0.15) is 0 Å². The van der Waals surface area contributed by atoms with E-state index >= 15 is 0 Å². The van der Waals surface area contributed by atoms with Crippen molar-refractivity contribution in [1.82, 2.24) is 0 Å². The van der Waals surface area contributed by atoms with Crippen LogP contribution in [0.25, 0.3) is 0 Å². The predicted octanol–water partition coefficient (Wildman–Crippen LogP) is -1.12. The molecule has 0 atom stereocenters. The first-order valence-electron chi connectivity index (χ1n) is 2.19. The molecule has 0 saturated carbocycles. The molecule has 1 rings (SSSR count). The molecule has 0 fully saturated rings. The van der Waals surface area contributed by atoms with Crippen LogP contribution in [0, 0.1) is 0 Å². The van der Waals surface area contributed by atoms with E-state index in [0.717, 1.165) is 5.75 Å². The Balaban J connectivity index is 2.57. The van der Waals surface area contributed by atoms with E-state index in [4.69, 9.17) is 0 Å². The summed E-state index contributed by atoms with van der Waals surface area (Å²) < 4.78 is 0. The van der Waals surface area contributed by atoms with Crippen molar-refractivity contribution in [3.05, 3.63) is 0 Å². The monoisotopic (exact) mass is 130 g/mol. The van der Waals surface area contributed by atoms with Crippen LogP contribution in [0.5, 0.6) is 0 Å². The maximum absolute atomic E-state index is 9.94. The van der Waals surface area contributed by atoms with E-state index in [1.165, 1.54) is 11.8 Å². The second kappa shape index (κ2) is 2.17. The van der Waals surface area contributed by atoms with E-state index in [2.05, 4.69) is 4.99 Å². The number of carboxylic acid groups (broad SMARTS) is 1. The molecule has 0 aromatic carbocycles. The van der Waals surface area contributed by atoms with Crippen LogP contribution >= 0.6 is 11.8 Å². The summed E-state index contributed by atoms with van der Waals surface area (Å²) in [5, 5.41) is 10.1. The van der Waals surface area contributed by atoms with Gasteiger partial charge in [-0.05, 0) is 0 Å². The van der Waals surface area contributed by atoms with E-state index in [0.29, 0.717) is 6.54 Å². The highest BCUT2D eigenvalue weighted by Gasteiger charge is 2.05. The average Bonchev–Trinajstić information content (AvgIpc) is 2.12. The summed E-state index contributed by atoms with van der Waals surface area (Å²) in [7, 11) is 0. The van der Waals surface area contributed by atoms with Crippen molar-refractivity contribution in [2.75, 3.05) is 12.3 Å². The van der Waals surface area contributed by atoms with E-state index in [-0.39, 0.29) is 5.04 Å². The summed E-state index contributed by atoms with van der Waals surface area (Å²) in [5.74, 6) is -0.365.